The molecule has 158 valence electrons. The van der Waals surface area contributed by atoms with E-state index in [0.29, 0.717) is 28.5 Å². The quantitative estimate of drug-likeness (QED) is 0.501. The third-order valence-corrected chi connectivity index (χ3v) is 4.98. The summed E-state index contributed by atoms with van der Waals surface area (Å²) in [6.07, 6.45) is -0.999. The molecule has 2 aromatic carbocycles. The number of nitrogens with zero attached hydrogens (tertiary/aromatic N) is 3. The molecule has 0 aliphatic carbocycles. The van der Waals surface area contributed by atoms with Crippen molar-refractivity contribution < 1.29 is 18.0 Å². The maximum absolute atomic E-state index is 13.0. The Kier molecular flexibility index (Phi) is 6.51. The monoisotopic (exact) mass is 435 g/mol. The van der Waals surface area contributed by atoms with E-state index in [9.17, 15) is 18.0 Å². The molecular formula is C22H21ClF3N3O. The van der Waals surface area contributed by atoms with Gasteiger partial charge in [-0.2, -0.15) is 13.2 Å². The Balaban J connectivity index is 1.77. The molecule has 8 heteroatoms. The predicted octanol–water partition coefficient (Wildman–Crippen LogP) is 5.65. The van der Waals surface area contributed by atoms with Gasteiger partial charge in [-0.1, -0.05) is 23.7 Å². The summed E-state index contributed by atoms with van der Waals surface area (Å²) in [6.45, 7) is 4.45. The van der Waals surface area contributed by atoms with Crippen LogP contribution in [0.4, 0.5) is 13.2 Å². The lowest BCUT2D eigenvalue weighted by atomic mass is 10.1. The molecule has 0 spiro atoms. The Morgan fingerprint density at radius 2 is 1.73 bits per heavy atom. The van der Waals surface area contributed by atoms with Crippen LogP contribution in [-0.4, -0.2) is 26.4 Å². The Morgan fingerprint density at radius 1 is 1.10 bits per heavy atom. The lowest BCUT2D eigenvalue weighted by molar-refractivity contribution is -0.137. The summed E-state index contributed by atoms with van der Waals surface area (Å²) in [5, 5.41) is 0.551. The zero-order valence-electron chi connectivity index (χ0n) is 16.5. The molecule has 0 radical (unpaired) electrons. The highest BCUT2D eigenvalue weighted by atomic mass is 35.5. The van der Waals surface area contributed by atoms with Crippen LogP contribution in [0.25, 0.3) is 0 Å². The van der Waals surface area contributed by atoms with E-state index in [0.717, 1.165) is 12.1 Å². The number of hydrogen-bond acceptors (Lipinski definition) is 2. The summed E-state index contributed by atoms with van der Waals surface area (Å²) in [7, 11) is 0. The summed E-state index contributed by atoms with van der Waals surface area (Å²) in [5.41, 5.74) is 0.549. The van der Waals surface area contributed by atoms with Gasteiger partial charge in [0, 0.05) is 35.6 Å². The van der Waals surface area contributed by atoms with Crippen LogP contribution in [0, 0.1) is 0 Å². The standard InChI is InChI=1S/C22H21ClF3N3O/c1-15(2)29(21(30)17-5-9-19(23)10-6-17)14-20-27-11-12-28(20)13-16-3-7-18(8-4-16)22(24,25)26/h3-12,15H,13-14H2,1-2H3. The van der Waals surface area contributed by atoms with Crippen LogP contribution in [0.15, 0.2) is 60.9 Å². The SMILES string of the molecule is CC(C)N(Cc1nccn1Cc1ccc(C(F)(F)F)cc1)C(=O)c1ccc(Cl)cc1. The van der Waals surface area contributed by atoms with E-state index in [1.807, 2.05) is 18.4 Å². The van der Waals surface area contributed by atoms with Gasteiger partial charge in [0.2, 0.25) is 0 Å². The van der Waals surface area contributed by atoms with Crippen LogP contribution < -0.4 is 0 Å². The van der Waals surface area contributed by atoms with Crippen LogP contribution in [0.2, 0.25) is 5.02 Å². The van der Waals surface area contributed by atoms with Gasteiger partial charge in [-0.3, -0.25) is 4.79 Å². The van der Waals surface area contributed by atoms with Gasteiger partial charge in [0.05, 0.1) is 12.1 Å². The topological polar surface area (TPSA) is 38.1 Å². The van der Waals surface area contributed by atoms with Crippen molar-refractivity contribution in [2.75, 3.05) is 0 Å². The van der Waals surface area contributed by atoms with E-state index in [-0.39, 0.29) is 18.5 Å². The fourth-order valence-corrected chi connectivity index (χ4v) is 3.16. The summed E-state index contributed by atoms with van der Waals surface area (Å²) in [6, 6.07) is 11.6. The molecule has 30 heavy (non-hydrogen) atoms. The van der Waals surface area contributed by atoms with Gasteiger partial charge in [0.25, 0.3) is 5.91 Å². The van der Waals surface area contributed by atoms with Crippen LogP contribution >= 0.6 is 11.6 Å². The Bertz CT molecular complexity index is 996. The van der Waals surface area contributed by atoms with E-state index >= 15 is 0 Å². The van der Waals surface area contributed by atoms with Crippen LogP contribution in [0.5, 0.6) is 0 Å². The molecule has 0 aliphatic rings. The van der Waals surface area contributed by atoms with Crippen molar-refractivity contribution in [2.45, 2.75) is 39.2 Å². The fourth-order valence-electron chi connectivity index (χ4n) is 3.03. The third-order valence-electron chi connectivity index (χ3n) is 4.72. The van der Waals surface area contributed by atoms with E-state index in [4.69, 9.17) is 11.6 Å². The second kappa shape index (κ2) is 8.92. The summed E-state index contributed by atoms with van der Waals surface area (Å²) in [4.78, 5) is 19.0. The van der Waals surface area contributed by atoms with Gasteiger partial charge < -0.3 is 9.47 Å². The number of imidazole rings is 1. The van der Waals surface area contributed by atoms with Crippen LogP contribution in [0.3, 0.4) is 0 Å². The lowest BCUT2D eigenvalue weighted by Gasteiger charge is -2.27. The second-order valence-corrected chi connectivity index (χ2v) is 7.64. The number of amides is 1. The average molecular weight is 436 g/mol. The minimum Gasteiger partial charge on any atom is -0.329 e. The number of benzene rings is 2. The molecule has 3 rings (SSSR count). The van der Waals surface area contributed by atoms with Crippen molar-refractivity contribution in [3.63, 3.8) is 0 Å². The molecule has 0 fully saturated rings. The van der Waals surface area contributed by atoms with Gasteiger partial charge in [0.15, 0.2) is 0 Å². The highest BCUT2D eigenvalue weighted by Crippen LogP contribution is 2.29. The van der Waals surface area contributed by atoms with Crippen molar-refractivity contribution in [3.8, 4) is 0 Å². The van der Waals surface area contributed by atoms with Crippen molar-refractivity contribution in [2.24, 2.45) is 0 Å². The molecule has 0 N–H and O–H groups in total. The first kappa shape index (κ1) is 21.9. The van der Waals surface area contributed by atoms with E-state index in [1.54, 1.807) is 41.6 Å². The first-order valence-electron chi connectivity index (χ1n) is 9.38. The predicted molar refractivity (Wildman–Crippen MR) is 109 cm³/mol. The number of rotatable bonds is 6. The van der Waals surface area contributed by atoms with Crippen LogP contribution in [-0.2, 0) is 19.3 Å². The Labute approximate surface area is 177 Å². The van der Waals surface area contributed by atoms with Crippen molar-refractivity contribution in [3.05, 3.63) is 88.5 Å². The summed E-state index contributed by atoms with van der Waals surface area (Å²) in [5.74, 6) is 0.497. The number of hydrogen-bond donors (Lipinski definition) is 0. The lowest BCUT2D eigenvalue weighted by Crippen LogP contribution is -2.37. The zero-order valence-corrected chi connectivity index (χ0v) is 17.3. The molecule has 1 heterocycles. The minimum atomic E-state index is -4.36. The molecular weight excluding hydrogens is 415 g/mol. The first-order valence-corrected chi connectivity index (χ1v) is 9.75. The zero-order chi connectivity index (χ0) is 21.9. The normalized spacial score (nSPS) is 11.7. The Morgan fingerprint density at radius 3 is 2.30 bits per heavy atom. The van der Waals surface area contributed by atoms with Gasteiger partial charge in [-0.25, -0.2) is 4.98 Å². The maximum atomic E-state index is 13.0. The largest absolute Gasteiger partial charge is 0.416 e. The number of carbonyl (C=O) groups excluding carboxylic acids is 1. The van der Waals surface area contributed by atoms with Crippen molar-refractivity contribution in [1.82, 2.24) is 14.5 Å². The second-order valence-electron chi connectivity index (χ2n) is 7.20. The number of carbonyl (C=O) groups is 1. The van der Waals surface area contributed by atoms with Crippen molar-refractivity contribution in [1.29, 1.82) is 0 Å². The van der Waals surface area contributed by atoms with Gasteiger partial charge >= 0.3 is 6.18 Å². The molecule has 0 aliphatic heterocycles. The smallest absolute Gasteiger partial charge is 0.329 e. The van der Waals surface area contributed by atoms with Gasteiger partial charge in [-0.05, 0) is 55.8 Å². The first-order chi connectivity index (χ1) is 14.1. The number of alkyl halides is 3. The molecule has 0 atom stereocenters. The molecule has 0 bridgehead atoms. The van der Waals surface area contributed by atoms with Crippen LogP contribution in [0.1, 0.15) is 41.2 Å². The van der Waals surface area contributed by atoms with E-state index in [2.05, 4.69) is 4.98 Å². The molecule has 1 amide bonds. The van der Waals surface area contributed by atoms with E-state index < -0.39 is 11.7 Å². The highest BCUT2D eigenvalue weighted by molar-refractivity contribution is 6.30. The number of aromatic nitrogens is 2. The summed E-state index contributed by atoms with van der Waals surface area (Å²) < 4.78 is 40.1. The molecule has 0 saturated heterocycles. The molecule has 4 nitrogen and oxygen atoms in total. The third kappa shape index (κ3) is 5.21. The molecule has 0 saturated carbocycles. The molecule has 1 aromatic heterocycles. The Hall–Kier alpha value is -2.80. The van der Waals surface area contributed by atoms with Gasteiger partial charge in [-0.15, -0.1) is 0 Å². The van der Waals surface area contributed by atoms with E-state index in [1.165, 1.54) is 12.1 Å². The molecule has 0 unspecified atom stereocenters. The molecule has 3 aromatic rings. The number of halogens is 4. The highest BCUT2D eigenvalue weighted by Gasteiger charge is 2.30. The average Bonchev–Trinajstić information content (AvgIpc) is 3.12. The minimum absolute atomic E-state index is 0.0793. The van der Waals surface area contributed by atoms with Crippen molar-refractivity contribution >= 4 is 17.5 Å². The van der Waals surface area contributed by atoms with Gasteiger partial charge in [0.1, 0.15) is 5.82 Å². The maximum Gasteiger partial charge on any atom is 0.416 e. The fraction of sp³-hybridized carbons (Fsp3) is 0.273. The summed E-state index contributed by atoms with van der Waals surface area (Å²) >= 11 is 5.91.